The summed E-state index contributed by atoms with van der Waals surface area (Å²) in [5, 5.41) is 10.5. The van der Waals surface area contributed by atoms with Crippen molar-refractivity contribution in [3.8, 4) is 0 Å². The summed E-state index contributed by atoms with van der Waals surface area (Å²) in [5.74, 6) is 0.486. The van der Waals surface area contributed by atoms with Crippen molar-refractivity contribution in [1.29, 1.82) is 0 Å². The lowest BCUT2D eigenvalue weighted by Gasteiger charge is -2.30. The Morgan fingerprint density at radius 2 is 1.62 bits per heavy atom. The van der Waals surface area contributed by atoms with Crippen LogP contribution in [0.15, 0.2) is 24.3 Å². The van der Waals surface area contributed by atoms with E-state index in [1.54, 1.807) is 0 Å². The van der Waals surface area contributed by atoms with Crippen LogP contribution in [-0.4, -0.2) is 5.11 Å². The third-order valence-electron chi connectivity index (χ3n) is 5.03. The van der Waals surface area contributed by atoms with Crippen LogP contribution >= 0.6 is 0 Å². The second-order valence-electron chi connectivity index (χ2n) is 6.71. The summed E-state index contributed by atoms with van der Waals surface area (Å²) >= 11 is 0. The first-order valence-corrected chi connectivity index (χ1v) is 9.08. The van der Waals surface area contributed by atoms with Crippen molar-refractivity contribution in [2.45, 2.75) is 83.7 Å². The molecule has 2 atom stereocenters. The largest absolute Gasteiger partial charge is 0.388 e. The number of aliphatic hydroxyl groups is 1. The first-order chi connectivity index (χ1) is 10.3. The van der Waals surface area contributed by atoms with Gasteiger partial charge in [0, 0.05) is 0 Å². The van der Waals surface area contributed by atoms with Crippen LogP contribution in [0, 0.1) is 5.92 Å². The van der Waals surface area contributed by atoms with Crippen molar-refractivity contribution < 1.29 is 5.11 Å². The Balaban J connectivity index is 1.62. The van der Waals surface area contributed by atoms with Gasteiger partial charge in [-0.25, -0.2) is 0 Å². The molecule has 1 nitrogen and oxygen atoms in total. The minimum absolute atomic E-state index is 0.223. The van der Waals surface area contributed by atoms with Gasteiger partial charge in [-0.15, -0.1) is 0 Å². The highest BCUT2D eigenvalue weighted by Gasteiger charge is 2.26. The standard InChI is InChI=1S/C20H32O/c1-2-3-4-5-6-7-8-9-13-18-16-15-17-12-10-11-14-19(17)20(18)21/h10-12,14,18,20-21H,2-9,13,15-16H2,1H3. The molecule has 2 rings (SSSR count). The number of aliphatic hydroxyl groups excluding tert-OH is 1. The molecule has 1 aliphatic rings. The third-order valence-corrected chi connectivity index (χ3v) is 5.03. The van der Waals surface area contributed by atoms with E-state index in [2.05, 4.69) is 31.2 Å². The number of fused-ring (bicyclic) bond motifs is 1. The fraction of sp³-hybridized carbons (Fsp3) is 0.700. The summed E-state index contributed by atoms with van der Waals surface area (Å²) in [6, 6.07) is 8.43. The van der Waals surface area contributed by atoms with Gasteiger partial charge in [-0.1, -0.05) is 82.6 Å². The minimum atomic E-state index is -0.223. The van der Waals surface area contributed by atoms with Gasteiger partial charge in [-0.3, -0.25) is 0 Å². The molecule has 0 saturated carbocycles. The maximum Gasteiger partial charge on any atom is 0.0820 e. The van der Waals surface area contributed by atoms with Crippen molar-refractivity contribution in [1.82, 2.24) is 0 Å². The average molecular weight is 288 g/mol. The Hall–Kier alpha value is -0.820. The lowest BCUT2D eigenvalue weighted by Crippen LogP contribution is -2.20. The molecular formula is C20H32O. The molecule has 0 bridgehead atoms. The monoisotopic (exact) mass is 288 g/mol. The number of rotatable bonds is 9. The first kappa shape index (κ1) is 16.5. The van der Waals surface area contributed by atoms with E-state index in [0.29, 0.717) is 5.92 Å². The van der Waals surface area contributed by atoms with Crippen LogP contribution in [0.3, 0.4) is 0 Å². The maximum atomic E-state index is 10.5. The molecule has 21 heavy (non-hydrogen) atoms. The summed E-state index contributed by atoms with van der Waals surface area (Å²) in [7, 11) is 0. The molecule has 118 valence electrons. The van der Waals surface area contributed by atoms with E-state index in [4.69, 9.17) is 0 Å². The molecule has 1 heteroatoms. The predicted molar refractivity (Wildman–Crippen MR) is 90.4 cm³/mol. The molecule has 0 heterocycles. The number of benzene rings is 1. The molecule has 0 spiro atoms. The number of hydrogen-bond acceptors (Lipinski definition) is 1. The summed E-state index contributed by atoms with van der Waals surface area (Å²) in [6.45, 7) is 2.27. The Bertz CT molecular complexity index is 399. The highest BCUT2D eigenvalue weighted by atomic mass is 16.3. The second-order valence-corrected chi connectivity index (χ2v) is 6.71. The van der Waals surface area contributed by atoms with E-state index in [9.17, 15) is 5.11 Å². The van der Waals surface area contributed by atoms with Gasteiger partial charge in [0.15, 0.2) is 0 Å². The van der Waals surface area contributed by atoms with Gasteiger partial charge >= 0.3 is 0 Å². The van der Waals surface area contributed by atoms with Crippen LogP contribution in [-0.2, 0) is 6.42 Å². The Morgan fingerprint density at radius 1 is 0.952 bits per heavy atom. The summed E-state index contributed by atoms with van der Waals surface area (Å²) in [4.78, 5) is 0. The van der Waals surface area contributed by atoms with Gasteiger partial charge in [0.1, 0.15) is 0 Å². The highest BCUT2D eigenvalue weighted by molar-refractivity contribution is 5.31. The molecule has 1 aromatic rings. The molecule has 1 aliphatic carbocycles. The highest BCUT2D eigenvalue weighted by Crippen LogP contribution is 2.37. The molecule has 1 N–H and O–H groups in total. The van der Waals surface area contributed by atoms with E-state index >= 15 is 0 Å². The minimum Gasteiger partial charge on any atom is -0.388 e. The fourth-order valence-electron chi connectivity index (χ4n) is 3.65. The van der Waals surface area contributed by atoms with Crippen molar-refractivity contribution in [3.05, 3.63) is 35.4 Å². The van der Waals surface area contributed by atoms with Crippen LogP contribution in [0.25, 0.3) is 0 Å². The molecule has 1 aromatic carbocycles. The molecule has 0 radical (unpaired) electrons. The average Bonchev–Trinajstić information content (AvgIpc) is 2.52. The zero-order chi connectivity index (χ0) is 14.9. The van der Waals surface area contributed by atoms with Crippen molar-refractivity contribution in [2.75, 3.05) is 0 Å². The smallest absolute Gasteiger partial charge is 0.0820 e. The van der Waals surface area contributed by atoms with Crippen molar-refractivity contribution in [3.63, 3.8) is 0 Å². The first-order valence-electron chi connectivity index (χ1n) is 9.08. The molecule has 0 aliphatic heterocycles. The second kappa shape index (κ2) is 9.25. The van der Waals surface area contributed by atoms with E-state index in [0.717, 1.165) is 12.8 Å². The van der Waals surface area contributed by atoms with E-state index in [-0.39, 0.29) is 6.10 Å². The molecular weight excluding hydrogens is 256 g/mol. The lowest BCUT2D eigenvalue weighted by molar-refractivity contribution is 0.0868. The fourth-order valence-corrected chi connectivity index (χ4v) is 3.65. The van der Waals surface area contributed by atoms with E-state index in [1.807, 2.05) is 0 Å². The van der Waals surface area contributed by atoms with E-state index in [1.165, 1.54) is 68.9 Å². The van der Waals surface area contributed by atoms with Crippen LogP contribution in [0.4, 0.5) is 0 Å². The zero-order valence-electron chi connectivity index (χ0n) is 13.7. The van der Waals surface area contributed by atoms with Crippen molar-refractivity contribution in [2.24, 2.45) is 5.92 Å². The number of unbranched alkanes of at least 4 members (excludes halogenated alkanes) is 7. The zero-order valence-corrected chi connectivity index (χ0v) is 13.7. The number of aryl methyl sites for hydroxylation is 1. The Morgan fingerprint density at radius 3 is 2.38 bits per heavy atom. The topological polar surface area (TPSA) is 20.2 Å². The van der Waals surface area contributed by atoms with Gasteiger partial charge in [0.25, 0.3) is 0 Å². The quantitative estimate of drug-likeness (QED) is 0.568. The predicted octanol–water partition coefficient (Wildman–Crippen LogP) is 5.81. The third kappa shape index (κ3) is 5.14. The Kier molecular flexibility index (Phi) is 7.29. The van der Waals surface area contributed by atoms with Gasteiger partial charge in [-0.05, 0) is 36.3 Å². The maximum absolute atomic E-state index is 10.5. The summed E-state index contributed by atoms with van der Waals surface area (Å²) < 4.78 is 0. The van der Waals surface area contributed by atoms with Crippen LogP contribution in [0.5, 0.6) is 0 Å². The lowest BCUT2D eigenvalue weighted by atomic mass is 9.79. The van der Waals surface area contributed by atoms with Gasteiger partial charge in [-0.2, -0.15) is 0 Å². The molecule has 0 amide bonds. The molecule has 0 fully saturated rings. The van der Waals surface area contributed by atoms with Crippen LogP contribution < -0.4 is 0 Å². The van der Waals surface area contributed by atoms with Gasteiger partial charge < -0.3 is 5.11 Å². The summed E-state index contributed by atoms with van der Waals surface area (Å²) in [5.41, 5.74) is 2.55. The molecule has 2 unspecified atom stereocenters. The van der Waals surface area contributed by atoms with E-state index < -0.39 is 0 Å². The van der Waals surface area contributed by atoms with Gasteiger partial charge in [0.2, 0.25) is 0 Å². The van der Waals surface area contributed by atoms with Crippen molar-refractivity contribution >= 4 is 0 Å². The normalized spacial score (nSPS) is 21.2. The molecule has 0 aromatic heterocycles. The Labute approximate surface area is 130 Å². The van der Waals surface area contributed by atoms with Gasteiger partial charge in [0.05, 0.1) is 6.10 Å². The molecule has 0 saturated heterocycles. The van der Waals surface area contributed by atoms with Crippen LogP contribution in [0.2, 0.25) is 0 Å². The summed E-state index contributed by atoms with van der Waals surface area (Å²) in [6.07, 6.45) is 14.2. The van der Waals surface area contributed by atoms with Crippen LogP contribution in [0.1, 0.15) is 88.4 Å². The number of hydrogen-bond donors (Lipinski definition) is 1. The SMILES string of the molecule is CCCCCCCCCCC1CCc2ccccc2C1O.